The maximum absolute atomic E-state index is 14.0. The second kappa shape index (κ2) is 15.0. The lowest BCUT2D eigenvalue weighted by molar-refractivity contribution is -0.118. The standard InChI is InChI=1S/C42H33N3O4S/c46-40(32-17-8-3-9-18-32)44-36(28-34-22-25-38(49-34)30-13-4-1-5-14-30)41(47)43-33-20-23-35(24-21-33)50-39(31-15-6-2-7-16-31)42(48)45-27-26-29-12-10-11-19-37(29)45/h1-25,28,39H,26-27H2,(H,43,47)(H,44,46). The second-order valence-corrected chi connectivity index (χ2v) is 12.9. The van der Waals surface area contributed by atoms with Crippen LogP contribution in [-0.4, -0.2) is 24.3 Å². The molecule has 0 bridgehead atoms. The first-order valence-corrected chi connectivity index (χ1v) is 17.2. The number of fused-ring (bicyclic) bond motifs is 1. The molecule has 0 radical (unpaired) electrons. The number of amides is 3. The van der Waals surface area contributed by atoms with E-state index >= 15 is 0 Å². The largest absolute Gasteiger partial charge is 0.457 e. The molecule has 0 fully saturated rings. The fraction of sp³-hybridized carbons (Fsp3) is 0.0714. The van der Waals surface area contributed by atoms with Crippen molar-refractivity contribution in [3.8, 4) is 11.3 Å². The number of rotatable bonds is 10. The normalized spacial score (nSPS) is 13.0. The van der Waals surface area contributed by atoms with E-state index < -0.39 is 17.1 Å². The Morgan fingerprint density at radius 3 is 2.12 bits per heavy atom. The molecule has 8 heteroatoms. The van der Waals surface area contributed by atoms with E-state index in [-0.39, 0.29) is 11.6 Å². The third kappa shape index (κ3) is 7.46. The minimum Gasteiger partial charge on any atom is -0.457 e. The van der Waals surface area contributed by atoms with E-state index in [9.17, 15) is 14.4 Å². The van der Waals surface area contributed by atoms with Crippen molar-refractivity contribution < 1.29 is 18.8 Å². The van der Waals surface area contributed by atoms with Gasteiger partial charge in [-0.05, 0) is 72.1 Å². The van der Waals surface area contributed by atoms with Crippen molar-refractivity contribution in [1.82, 2.24) is 5.32 Å². The van der Waals surface area contributed by atoms with Gasteiger partial charge >= 0.3 is 0 Å². The first-order chi connectivity index (χ1) is 24.5. The quantitative estimate of drug-likeness (QED) is 0.112. The molecule has 0 aliphatic carbocycles. The number of nitrogens with zero attached hydrogens (tertiary/aromatic N) is 1. The van der Waals surface area contributed by atoms with E-state index in [1.165, 1.54) is 23.4 Å². The summed E-state index contributed by atoms with van der Waals surface area (Å²) in [7, 11) is 0. The Bertz CT molecular complexity index is 2150. The number of carbonyl (C=O) groups excluding carboxylic acids is 3. The van der Waals surface area contributed by atoms with E-state index in [4.69, 9.17) is 4.42 Å². The van der Waals surface area contributed by atoms with Crippen LogP contribution >= 0.6 is 11.8 Å². The number of hydrogen-bond donors (Lipinski definition) is 2. The minimum atomic E-state index is -0.516. The van der Waals surface area contributed by atoms with Gasteiger partial charge in [-0.25, -0.2) is 0 Å². The van der Waals surface area contributed by atoms with Crippen molar-refractivity contribution in [3.05, 3.63) is 180 Å². The highest BCUT2D eigenvalue weighted by molar-refractivity contribution is 8.00. The van der Waals surface area contributed by atoms with E-state index in [2.05, 4.69) is 16.7 Å². The highest BCUT2D eigenvalue weighted by Gasteiger charge is 2.31. The van der Waals surface area contributed by atoms with Crippen LogP contribution in [0, 0.1) is 0 Å². The van der Waals surface area contributed by atoms with Gasteiger partial charge < -0.3 is 20.0 Å². The van der Waals surface area contributed by atoms with Gasteiger partial charge in [0.1, 0.15) is 22.5 Å². The van der Waals surface area contributed by atoms with Gasteiger partial charge in [-0.1, -0.05) is 97.1 Å². The maximum Gasteiger partial charge on any atom is 0.272 e. The molecule has 5 aromatic carbocycles. The monoisotopic (exact) mass is 675 g/mol. The van der Waals surface area contributed by atoms with Crippen LogP contribution in [0.15, 0.2) is 167 Å². The SMILES string of the molecule is O=C(Nc1ccc(SC(C(=O)N2CCc3ccccc32)c2ccccc2)cc1)C(=Cc1ccc(-c2ccccc2)o1)NC(=O)c1ccccc1. The van der Waals surface area contributed by atoms with Crippen LogP contribution in [0.4, 0.5) is 11.4 Å². The number of benzene rings is 5. The molecule has 0 spiro atoms. The molecule has 1 aliphatic heterocycles. The van der Waals surface area contributed by atoms with E-state index in [0.29, 0.717) is 29.3 Å². The van der Waals surface area contributed by atoms with Gasteiger partial charge in [-0.15, -0.1) is 11.8 Å². The van der Waals surface area contributed by atoms with Crippen molar-refractivity contribution in [1.29, 1.82) is 0 Å². The number of carbonyl (C=O) groups is 3. The summed E-state index contributed by atoms with van der Waals surface area (Å²) in [5.74, 6) is 0.135. The van der Waals surface area contributed by atoms with Crippen LogP contribution in [0.1, 0.15) is 32.5 Å². The molecular formula is C42H33N3O4S. The Balaban J connectivity index is 1.10. The van der Waals surface area contributed by atoms with Crippen LogP contribution in [0.3, 0.4) is 0 Å². The topological polar surface area (TPSA) is 91.7 Å². The van der Waals surface area contributed by atoms with Gasteiger partial charge in [-0.2, -0.15) is 0 Å². The summed E-state index contributed by atoms with van der Waals surface area (Å²) in [6.07, 6.45) is 2.35. The zero-order chi connectivity index (χ0) is 34.3. The number of anilines is 2. The van der Waals surface area contributed by atoms with Gasteiger partial charge in [0.05, 0.1) is 0 Å². The van der Waals surface area contributed by atoms with Gasteiger partial charge in [0.15, 0.2) is 0 Å². The van der Waals surface area contributed by atoms with Crippen molar-refractivity contribution >= 4 is 46.9 Å². The Labute approximate surface area is 294 Å². The molecule has 50 heavy (non-hydrogen) atoms. The molecule has 2 heterocycles. The van der Waals surface area contributed by atoms with Crippen molar-refractivity contribution in [2.24, 2.45) is 0 Å². The lowest BCUT2D eigenvalue weighted by Crippen LogP contribution is -2.32. The number of hydrogen-bond acceptors (Lipinski definition) is 5. The summed E-state index contributed by atoms with van der Waals surface area (Å²) >= 11 is 1.47. The Kier molecular flexibility index (Phi) is 9.71. The summed E-state index contributed by atoms with van der Waals surface area (Å²) in [4.78, 5) is 43.5. The first-order valence-electron chi connectivity index (χ1n) is 16.3. The number of nitrogens with one attached hydrogen (secondary N) is 2. The molecule has 7 nitrogen and oxygen atoms in total. The van der Waals surface area contributed by atoms with Gasteiger partial charge in [0, 0.05) is 40.0 Å². The summed E-state index contributed by atoms with van der Waals surface area (Å²) in [5, 5.41) is 5.20. The number of thioether (sulfide) groups is 1. The number of para-hydroxylation sites is 1. The first kappa shape index (κ1) is 32.4. The zero-order valence-electron chi connectivity index (χ0n) is 27.0. The molecule has 0 saturated heterocycles. The van der Waals surface area contributed by atoms with Gasteiger partial charge in [0.2, 0.25) is 5.91 Å². The van der Waals surface area contributed by atoms with Crippen LogP contribution in [-0.2, 0) is 16.0 Å². The Morgan fingerprint density at radius 2 is 1.38 bits per heavy atom. The second-order valence-electron chi connectivity index (χ2n) is 11.7. The van der Waals surface area contributed by atoms with Gasteiger partial charge in [0.25, 0.3) is 11.8 Å². The smallest absolute Gasteiger partial charge is 0.272 e. The molecule has 6 aromatic rings. The fourth-order valence-electron chi connectivity index (χ4n) is 5.82. The summed E-state index contributed by atoms with van der Waals surface area (Å²) in [6.45, 7) is 0.648. The third-order valence-corrected chi connectivity index (χ3v) is 9.60. The molecule has 2 N–H and O–H groups in total. The lowest BCUT2D eigenvalue weighted by Gasteiger charge is -2.24. The van der Waals surface area contributed by atoms with E-state index in [1.54, 1.807) is 42.5 Å². The molecule has 1 atom stereocenters. The van der Waals surface area contributed by atoms with Crippen LogP contribution in [0.25, 0.3) is 17.4 Å². The predicted molar refractivity (Wildman–Crippen MR) is 199 cm³/mol. The Hall–Kier alpha value is -6.12. The third-order valence-electron chi connectivity index (χ3n) is 8.35. The van der Waals surface area contributed by atoms with E-state index in [1.807, 2.05) is 108 Å². The zero-order valence-corrected chi connectivity index (χ0v) is 27.8. The van der Waals surface area contributed by atoms with Crippen molar-refractivity contribution in [3.63, 3.8) is 0 Å². The van der Waals surface area contributed by atoms with Crippen molar-refractivity contribution in [2.45, 2.75) is 16.6 Å². The molecule has 246 valence electrons. The summed E-state index contributed by atoms with van der Waals surface area (Å²) in [5.41, 5.74) is 4.91. The average Bonchev–Trinajstić information content (AvgIpc) is 3.83. The molecule has 3 amide bonds. The van der Waals surface area contributed by atoms with Crippen LogP contribution in [0.2, 0.25) is 0 Å². The maximum atomic E-state index is 14.0. The van der Waals surface area contributed by atoms with Crippen LogP contribution in [0.5, 0.6) is 0 Å². The molecule has 1 aromatic heterocycles. The highest BCUT2D eigenvalue weighted by atomic mass is 32.2. The Morgan fingerprint density at radius 1 is 0.720 bits per heavy atom. The summed E-state index contributed by atoms with van der Waals surface area (Å²) in [6, 6.07) is 47.1. The minimum absolute atomic E-state index is 0.0203. The average molecular weight is 676 g/mol. The number of furan rings is 1. The summed E-state index contributed by atoms with van der Waals surface area (Å²) < 4.78 is 6.01. The molecule has 7 rings (SSSR count). The lowest BCUT2D eigenvalue weighted by atomic mass is 10.1. The fourth-order valence-corrected chi connectivity index (χ4v) is 6.91. The van der Waals surface area contributed by atoms with Gasteiger partial charge in [-0.3, -0.25) is 14.4 Å². The van der Waals surface area contributed by atoms with Crippen molar-refractivity contribution in [2.75, 3.05) is 16.8 Å². The molecule has 1 unspecified atom stereocenters. The van der Waals surface area contributed by atoms with E-state index in [0.717, 1.165) is 28.1 Å². The molecule has 1 aliphatic rings. The molecular weight excluding hydrogens is 643 g/mol. The van der Waals surface area contributed by atoms with Crippen LogP contribution < -0.4 is 15.5 Å². The molecule has 0 saturated carbocycles. The predicted octanol–water partition coefficient (Wildman–Crippen LogP) is 8.78. The highest BCUT2D eigenvalue weighted by Crippen LogP contribution is 2.40.